The number of para-hydroxylation sites is 1. The molecule has 0 spiro atoms. The van der Waals surface area contributed by atoms with Crippen LogP contribution in [0.5, 0.6) is 5.75 Å². The number of aryl methyl sites for hydroxylation is 1. The summed E-state index contributed by atoms with van der Waals surface area (Å²) in [5, 5.41) is 0.654. The van der Waals surface area contributed by atoms with Crippen LogP contribution in [-0.2, 0) is 6.42 Å². The van der Waals surface area contributed by atoms with Crippen LogP contribution in [0.4, 0.5) is 5.69 Å². The van der Waals surface area contributed by atoms with Gasteiger partial charge < -0.3 is 10.5 Å². The third kappa shape index (κ3) is 3.67. The summed E-state index contributed by atoms with van der Waals surface area (Å²) in [5.74, 6) is 0.742. The molecule has 0 atom stereocenters. The van der Waals surface area contributed by atoms with Crippen LogP contribution < -0.4 is 10.5 Å². The lowest BCUT2D eigenvalue weighted by Crippen LogP contribution is -2.00. The topological polar surface area (TPSA) is 35.2 Å². The van der Waals surface area contributed by atoms with Gasteiger partial charge in [0, 0.05) is 5.69 Å². The van der Waals surface area contributed by atoms with Crippen molar-refractivity contribution in [1.29, 1.82) is 0 Å². The summed E-state index contributed by atoms with van der Waals surface area (Å²) in [4.78, 5) is 0. The number of anilines is 1. The van der Waals surface area contributed by atoms with Crippen molar-refractivity contribution in [3.63, 3.8) is 0 Å². The van der Waals surface area contributed by atoms with Gasteiger partial charge in [0.15, 0.2) is 0 Å². The molecule has 0 aliphatic carbocycles. The summed E-state index contributed by atoms with van der Waals surface area (Å²) in [6, 6.07) is 15.4. The molecule has 0 heterocycles. The zero-order valence-electron chi connectivity index (χ0n) is 10.1. The predicted molar refractivity (Wildman–Crippen MR) is 76.1 cm³/mol. The van der Waals surface area contributed by atoms with Gasteiger partial charge in [-0.15, -0.1) is 0 Å². The molecule has 3 heteroatoms. The van der Waals surface area contributed by atoms with Crippen LogP contribution in [0.3, 0.4) is 0 Å². The fourth-order valence-corrected chi connectivity index (χ4v) is 1.96. The number of nitrogens with two attached hydrogens (primary N) is 1. The molecule has 0 fully saturated rings. The lowest BCUT2D eigenvalue weighted by atomic mass is 10.1. The molecule has 18 heavy (non-hydrogen) atoms. The Kier molecular flexibility index (Phi) is 4.48. The summed E-state index contributed by atoms with van der Waals surface area (Å²) in [5.41, 5.74) is 7.76. The Hall–Kier alpha value is -1.67. The molecule has 0 unspecified atom stereocenters. The highest BCUT2D eigenvalue weighted by molar-refractivity contribution is 6.32. The average Bonchev–Trinajstić information content (AvgIpc) is 2.37. The first kappa shape index (κ1) is 12.8. The molecular weight excluding hydrogens is 246 g/mol. The molecule has 0 amide bonds. The third-order valence-electron chi connectivity index (χ3n) is 2.66. The summed E-state index contributed by atoms with van der Waals surface area (Å²) < 4.78 is 5.63. The van der Waals surface area contributed by atoms with E-state index in [1.54, 1.807) is 0 Å². The van der Waals surface area contributed by atoms with Crippen LogP contribution in [0.1, 0.15) is 12.0 Å². The molecule has 94 valence electrons. The van der Waals surface area contributed by atoms with Crippen LogP contribution >= 0.6 is 11.6 Å². The van der Waals surface area contributed by atoms with Gasteiger partial charge in [-0.2, -0.15) is 0 Å². The van der Waals surface area contributed by atoms with Crippen molar-refractivity contribution in [3.05, 3.63) is 59.1 Å². The van der Waals surface area contributed by atoms with Gasteiger partial charge in [-0.1, -0.05) is 35.9 Å². The third-order valence-corrected chi connectivity index (χ3v) is 2.97. The average molecular weight is 262 g/mol. The van der Waals surface area contributed by atoms with Crippen LogP contribution in [0, 0.1) is 0 Å². The molecule has 2 aromatic carbocycles. The molecule has 0 saturated carbocycles. The standard InChI is InChI=1S/C15H16ClNO/c16-14-8-1-2-9-15(14)18-10-4-6-12-5-3-7-13(17)11-12/h1-3,5,7-9,11H,4,6,10,17H2. The quantitative estimate of drug-likeness (QED) is 0.654. The van der Waals surface area contributed by atoms with Crippen molar-refractivity contribution in [2.45, 2.75) is 12.8 Å². The molecule has 0 aliphatic rings. The first-order valence-electron chi connectivity index (χ1n) is 5.97. The second-order valence-corrected chi connectivity index (χ2v) is 4.53. The van der Waals surface area contributed by atoms with Gasteiger partial charge in [0.1, 0.15) is 5.75 Å². The number of halogens is 1. The second-order valence-electron chi connectivity index (χ2n) is 4.13. The summed E-state index contributed by atoms with van der Waals surface area (Å²) in [6.07, 6.45) is 1.89. The molecular formula is C15H16ClNO. The van der Waals surface area contributed by atoms with Gasteiger partial charge in [0.05, 0.1) is 11.6 Å². The maximum Gasteiger partial charge on any atom is 0.137 e. The molecule has 0 aromatic heterocycles. The van der Waals surface area contributed by atoms with E-state index in [-0.39, 0.29) is 0 Å². The summed E-state index contributed by atoms with van der Waals surface area (Å²) in [6.45, 7) is 0.651. The number of hydrogen-bond acceptors (Lipinski definition) is 2. The van der Waals surface area contributed by atoms with E-state index in [2.05, 4.69) is 6.07 Å². The van der Waals surface area contributed by atoms with Gasteiger partial charge >= 0.3 is 0 Å². The normalized spacial score (nSPS) is 10.3. The van der Waals surface area contributed by atoms with E-state index in [1.807, 2.05) is 42.5 Å². The van der Waals surface area contributed by atoms with Crippen LogP contribution in [0.25, 0.3) is 0 Å². The van der Waals surface area contributed by atoms with Gasteiger partial charge in [0.25, 0.3) is 0 Å². The molecule has 2 nitrogen and oxygen atoms in total. The first-order valence-corrected chi connectivity index (χ1v) is 6.35. The predicted octanol–water partition coefficient (Wildman–Crippen LogP) is 3.93. The van der Waals surface area contributed by atoms with E-state index >= 15 is 0 Å². The number of rotatable bonds is 5. The van der Waals surface area contributed by atoms with E-state index in [0.29, 0.717) is 11.6 Å². The van der Waals surface area contributed by atoms with Crippen LogP contribution in [0.15, 0.2) is 48.5 Å². The fourth-order valence-electron chi connectivity index (χ4n) is 1.77. The maximum atomic E-state index is 6.00. The zero-order valence-corrected chi connectivity index (χ0v) is 10.9. The van der Waals surface area contributed by atoms with Crippen molar-refractivity contribution in [3.8, 4) is 5.75 Å². The van der Waals surface area contributed by atoms with Gasteiger partial charge in [0.2, 0.25) is 0 Å². The molecule has 2 aromatic rings. The van der Waals surface area contributed by atoms with E-state index in [1.165, 1.54) is 5.56 Å². The van der Waals surface area contributed by atoms with Gasteiger partial charge in [-0.05, 0) is 42.7 Å². The van der Waals surface area contributed by atoms with Crippen molar-refractivity contribution < 1.29 is 4.74 Å². The molecule has 2 rings (SSSR count). The van der Waals surface area contributed by atoms with E-state index in [0.717, 1.165) is 24.3 Å². The molecule has 0 aliphatic heterocycles. The monoisotopic (exact) mass is 261 g/mol. The highest BCUT2D eigenvalue weighted by Gasteiger charge is 1.99. The van der Waals surface area contributed by atoms with Gasteiger partial charge in [-0.3, -0.25) is 0 Å². The van der Waals surface area contributed by atoms with Crippen molar-refractivity contribution in [2.24, 2.45) is 0 Å². The molecule has 0 radical (unpaired) electrons. The minimum Gasteiger partial charge on any atom is -0.492 e. The highest BCUT2D eigenvalue weighted by atomic mass is 35.5. The van der Waals surface area contributed by atoms with Crippen molar-refractivity contribution in [2.75, 3.05) is 12.3 Å². The number of benzene rings is 2. The Balaban J connectivity index is 1.78. The number of ether oxygens (including phenoxy) is 1. The molecule has 2 N–H and O–H groups in total. The van der Waals surface area contributed by atoms with Crippen molar-refractivity contribution >= 4 is 17.3 Å². The minimum atomic E-state index is 0.651. The largest absolute Gasteiger partial charge is 0.492 e. The van der Waals surface area contributed by atoms with E-state index in [4.69, 9.17) is 22.1 Å². The maximum absolute atomic E-state index is 6.00. The van der Waals surface area contributed by atoms with E-state index < -0.39 is 0 Å². The SMILES string of the molecule is Nc1cccc(CCCOc2ccccc2Cl)c1. The highest BCUT2D eigenvalue weighted by Crippen LogP contribution is 2.23. The Bertz CT molecular complexity index is 513. The zero-order chi connectivity index (χ0) is 12.8. The van der Waals surface area contributed by atoms with Crippen LogP contribution in [-0.4, -0.2) is 6.61 Å². The fraction of sp³-hybridized carbons (Fsp3) is 0.200. The minimum absolute atomic E-state index is 0.651. The van der Waals surface area contributed by atoms with Gasteiger partial charge in [-0.25, -0.2) is 0 Å². The number of hydrogen-bond donors (Lipinski definition) is 1. The molecule has 0 bridgehead atoms. The first-order chi connectivity index (χ1) is 8.75. The Labute approximate surface area is 112 Å². The van der Waals surface area contributed by atoms with E-state index in [9.17, 15) is 0 Å². The van der Waals surface area contributed by atoms with Crippen molar-refractivity contribution in [1.82, 2.24) is 0 Å². The lowest BCUT2D eigenvalue weighted by molar-refractivity contribution is 0.311. The summed E-state index contributed by atoms with van der Waals surface area (Å²) >= 11 is 6.00. The Morgan fingerprint density at radius 1 is 1.06 bits per heavy atom. The smallest absolute Gasteiger partial charge is 0.137 e. The van der Waals surface area contributed by atoms with Crippen LogP contribution in [0.2, 0.25) is 5.02 Å². The second kappa shape index (κ2) is 6.31. The Morgan fingerprint density at radius 2 is 1.89 bits per heavy atom. The molecule has 0 saturated heterocycles. The number of nitrogen functional groups attached to an aromatic ring is 1. The summed E-state index contributed by atoms with van der Waals surface area (Å²) in [7, 11) is 0. The lowest BCUT2D eigenvalue weighted by Gasteiger charge is -2.07. The Morgan fingerprint density at radius 3 is 2.67 bits per heavy atom.